The summed E-state index contributed by atoms with van der Waals surface area (Å²) < 4.78 is 6.17. The molecule has 176 valence electrons. The second-order valence-corrected chi connectivity index (χ2v) is 9.35. The van der Waals surface area contributed by atoms with Crippen molar-refractivity contribution < 1.29 is 9.84 Å². The van der Waals surface area contributed by atoms with E-state index < -0.39 is 0 Å². The first-order chi connectivity index (χ1) is 15.9. The molecule has 0 spiro atoms. The highest BCUT2D eigenvalue weighted by Gasteiger charge is 2.20. The number of hydrogen-bond donors (Lipinski definition) is 3. The number of nitrogens with one attached hydrogen (secondary N) is 2. The van der Waals surface area contributed by atoms with Gasteiger partial charge in [-0.2, -0.15) is 4.98 Å². The molecule has 0 radical (unpaired) electrons. The van der Waals surface area contributed by atoms with Crippen molar-refractivity contribution >= 4 is 39.1 Å². The minimum absolute atomic E-state index is 0.187. The first-order valence-corrected chi connectivity index (χ1v) is 12.0. The zero-order valence-electron chi connectivity index (χ0n) is 19.3. The van der Waals surface area contributed by atoms with Crippen LogP contribution in [-0.4, -0.2) is 58.9 Å². The number of allylic oxidation sites excluding steroid dienone is 1. The average Bonchev–Trinajstić information content (AvgIpc) is 2.83. The molecule has 4 rings (SSSR count). The van der Waals surface area contributed by atoms with E-state index >= 15 is 0 Å². The summed E-state index contributed by atoms with van der Waals surface area (Å²) in [5, 5.41) is 17.1. The van der Waals surface area contributed by atoms with E-state index in [4.69, 9.17) is 4.74 Å². The van der Waals surface area contributed by atoms with Gasteiger partial charge in [0, 0.05) is 50.4 Å². The van der Waals surface area contributed by atoms with E-state index in [0.717, 1.165) is 31.6 Å². The summed E-state index contributed by atoms with van der Waals surface area (Å²) in [6.07, 6.45) is 8.04. The molecule has 9 heteroatoms. The van der Waals surface area contributed by atoms with E-state index in [2.05, 4.69) is 53.6 Å². The fourth-order valence-corrected chi connectivity index (χ4v) is 4.32. The van der Waals surface area contributed by atoms with Crippen molar-refractivity contribution in [1.82, 2.24) is 14.9 Å². The van der Waals surface area contributed by atoms with E-state index in [1.165, 1.54) is 5.69 Å². The molecule has 2 aliphatic heterocycles. The van der Waals surface area contributed by atoms with Gasteiger partial charge in [-0.1, -0.05) is 6.08 Å². The Bertz CT molecular complexity index is 1020. The van der Waals surface area contributed by atoms with Crippen LogP contribution < -0.4 is 15.5 Å². The van der Waals surface area contributed by atoms with Gasteiger partial charge in [-0.3, -0.25) is 0 Å². The largest absolute Gasteiger partial charge is 0.493 e. The highest BCUT2D eigenvalue weighted by Crippen LogP contribution is 2.27. The molecule has 3 heterocycles. The Morgan fingerprint density at radius 2 is 1.88 bits per heavy atom. The molecule has 0 atom stereocenters. The lowest BCUT2D eigenvalue weighted by molar-refractivity contribution is 0.0819. The third-order valence-corrected chi connectivity index (χ3v) is 6.56. The van der Waals surface area contributed by atoms with Crippen LogP contribution in [0.3, 0.4) is 0 Å². The molecule has 1 aromatic heterocycles. The molecule has 0 unspecified atom stereocenters. The lowest BCUT2D eigenvalue weighted by Gasteiger charge is -2.33. The van der Waals surface area contributed by atoms with Gasteiger partial charge in [0.1, 0.15) is 5.70 Å². The van der Waals surface area contributed by atoms with Crippen LogP contribution in [-0.2, 0) is 4.74 Å². The molecule has 1 fully saturated rings. The number of benzene rings is 1. The fourth-order valence-electron chi connectivity index (χ4n) is 4.03. The summed E-state index contributed by atoms with van der Waals surface area (Å²) in [6.45, 7) is 6.76. The highest BCUT2D eigenvalue weighted by atomic mass is 79.9. The molecular weight excluding hydrogens is 484 g/mol. The van der Waals surface area contributed by atoms with Gasteiger partial charge >= 0.3 is 0 Å². The Hall–Kier alpha value is -2.78. The zero-order valence-corrected chi connectivity index (χ0v) is 20.8. The van der Waals surface area contributed by atoms with E-state index in [-0.39, 0.29) is 11.9 Å². The van der Waals surface area contributed by atoms with E-state index in [1.54, 1.807) is 13.3 Å². The van der Waals surface area contributed by atoms with Crippen molar-refractivity contribution in [2.24, 2.45) is 0 Å². The summed E-state index contributed by atoms with van der Waals surface area (Å²) in [5.41, 5.74) is 2.71. The summed E-state index contributed by atoms with van der Waals surface area (Å²) in [4.78, 5) is 13.3. The topological polar surface area (TPSA) is 85.8 Å². The molecule has 2 aliphatic rings. The zero-order chi connectivity index (χ0) is 23.4. The summed E-state index contributed by atoms with van der Waals surface area (Å²) in [6, 6.07) is 8.49. The normalized spacial score (nSPS) is 17.1. The fraction of sp³-hybridized carbons (Fsp3) is 0.417. The van der Waals surface area contributed by atoms with Crippen LogP contribution in [0.2, 0.25) is 0 Å². The van der Waals surface area contributed by atoms with Gasteiger partial charge in [0.15, 0.2) is 5.82 Å². The molecule has 3 N–H and O–H groups in total. The second kappa shape index (κ2) is 10.4. The van der Waals surface area contributed by atoms with Crippen molar-refractivity contribution in [3.63, 3.8) is 0 Å². The smallest absolute Gasteiger partial charge is 0.229 e. The van der Waals surface area contributed by atoms with E-state index in [9.17, 15) is 5.11 Å². The van der Waals surface area contributed by atoms with Gasteiger partial charge in [-0.25, -0.2) is 4.98 Å². The molecule has 0 amide bonds. The van der Waals surface area contributed by atoms with Crippen molar-refractivity contribution in [2.45, 2.75) is 38.8 Å². The van der Waals surface area contributed by atoms with Gasteiger partial charge in [-0.05, 0) is 73.0 Å². The Labute approximate surface area is 203 Å². The average molecular weight is 515 g/mol. The maximum absolute atomic E-state index is 10.6. The predicted octanol–water partition coefficient (Wildman–Crippen LogP) is 5.02. The molecule has 0 saturated carbocycles. The van der Waals surface area contributed by atoms with Crippen molar-refractivity contribution in [1.29, 1.82) is 0 Å². The summed E-state index contributed by atoms with van der Waals surface area (Å²) >= 11 is 3.50. The molecule has 1 aromatic carbocycles. The quantitative estimate of drug-likeness (QED) is 0.474. The van der Waals surface area contributed by atoms with E-state index in [1.807, 2.05) is 43.0 Å². The number of hydrogen-bond acceptors (Lipinski definition) is 8. The van der Waals surface area contributed by atoms with Crippen LogP contribution in [0.4, 0.5) is 23.1 Å². The van der Waals surface area contributed by atoms with Gasteiger partial charge in [-0.15, -0.1) is 0 Å². The monoisotopic (exact) mass is 514 g/mol. The first-order valence-electron chi connectivity index (χ1n) is 11.3. The lowest BCUT2D eigenvalue weighted by Crippen LogP contribution is -2.36. The van der Waals surface area contributed by atoms with Gasteiger partial charge < -0.3 is 30.3 Å². The van der Waals surface area contributed by atoms with Crippen LogP contribution in [0.5, 0.6) is 0 Å². The standard InChI is InChI=1S/C24H31BrN6O2/c1-16(2)31-12-4-5-21(23(31)32)28-22-20(25)15-26-24(29-22)27-17-6-8-18(9-7-17)30-13-10-19(33-3)11-14-30/h4-9,15-16,19,32H,10-14H2,1-3H3,(H2,26,27,28,29). The van der Waals surface area contributed by atoms with Crippen molar-refractivity contribution in [3.8, 4) is 0 Å². The van der Waals surface area contributed by atoms with Crippen molar-refractivity contribution in [3.05, 3.63) is 58.7 Å². The van der Waals surface area contributed by atoms with E-state index in [0.29, 0.717) is 34.6 Å². The molecule has 2 aromatic rings. The molecular formula is C24H31BrN6O2. The summed E-state index contributed by atoms with van der Waals surface area (Å²) in [7, 11) is 1.79. The molecule has 8 nitrogen and oxygen atoms in total. The Kier molecular flexibility index (Phi) is 7.39. The van der Waals surface area contributed by atoms with Crippen LogP contribution in [0.25, 0.3) is 0 Å². The second-order valence-electron chi connectivity index (χ2n) is 8.49. The van der Waals surface area contributed by atoms with Gasteiger partial charge in [0.05, 0.1) is 10.6 Å². The minimum Gasteiger partial charge on any atom is -0.493 e. The molecule has 0 bridgehead atoms. The molecule has 33 heavy (non-hydrogen) atoms. The Morgan fingerprint density at radius 1 is 1.15 bits per heavy atom. The maximum atomic E-state index is 10.6. The number of aromatic nitrogens is 2. The first kappa shape index (κ1) is 23.4. The third-order valence-electron chi connectivity index (χ3n) is 5.98. The number of anilines is 4. The number of rotatable bonds is 7. The Morgan fingerprint density at radius 3 is 2.55 bits per heavy atom. The van der Waals surface area contributed by atoms with Crippen LogP contribution in [0, 0.1) is 0 Å². The number of ether oxygens (including phenoxy) is 1. The Balaban J connectivity index is 1.44. The SMILES string of the molecule is COC1CCN(c2ccc(Nc3ncc(Br)c(NC4=C(O)N(C(C)C)CC=C4)n3)cc2)CC1. The summed E-state index contributed by atoms with van der Waals surface area (Å²) in [5.74, 6) is 1.24. The van der Waals surface area contributed by atoms with Crippen LogP contribution in [0.15, 0.2) is 58.7 Å². The molecule has 1 saturated heterocycles. The number of aliphatic hydroxyl groups excluding tert-OH is 1. The lowest BCUT2D eigenvalue weighted by atomic mass is 10.1. The van der Waals surface area contributed by atoms with Gasteiger partial charge in [0.25, 0.3) is 0 Å². The minimum atomic E-state index is 0.187. The number of methoxy groups -OCH3 is 1. The number of halogens is 1. The number of piperidine rings is 1. The van der Waals surface area contributed by atoms with Crippen LogP contribution in [0.1, 0.15) is 26.7 Å². The van der Waals surface area contributed by atoms with Crippen LogP contribution >= 0.6 is 15.9 Å². The molecule has 0 aliphatic carbocycles. The highest BCUT2D eigenvalue weighted by molar-refractivity contribution is 9.10. The predicted molar refractivity (Wildman–Crippen MR) is 136 cm³/mol. The number of nitrogens with zero attached hydrogens (tertiary/aromatic N) is 4. The number of aliphatic hydroxyl groups is 1. The van der Waals surface area contributed by atoms with Crippen molar-refractivity contribution in [2.75, 3.05) is 42.3 Å². The maximum Gasteiger partial charge on any atom is 0.229 e. The third kappa shape index (κ3) is 5.59. The van der Waals surface area contributed by atoms with Gasteiger partial charge in [0.2, 0.25) is 11.8 Å².